The number of aromatic hydroxyl groups is 1. The number of phenolic OH excluding ortho intramolecular Hbond substituents is 1. The van der Waals surface area contributed by atoms with Crippen LogP contribution < -0.4 is 0 Å². The van der Waals surface area contributed by atoms with Crippen LogP contribution in [0.3, 0.4) is 0 Å². The average Bonchev–Trinajstić information content (AvgIpc) is 2.53. The number of hydrogen-bond acceptors (Lipinski definition) is 5. The van der Waals surface area contributed by atoms with Crippen molar-refractivity contribution in [1.82, 2.24) is 0 Å². The molecule has 0 aliphatic rings. The van der Waals surface area contributed by atoms with Crippen LogP contribution in [-0.4, -0.2) is 35.4 Å². The average molecular weight is 355 g/mol. The Bertz CT molecular complexity index is 1000. The first-order chi connectivity index (χ1) is 10.9. The first-order valence-corrected chi connectivity index (χ1v) is 8.09. The van der Waals surface area contributed by atoms with Crippen LogP contribution in [0.25, 0.3) is 10.8 Å². The van der Waals surface area contributed by atoms with E-state index < -0.39 is 10.1 Å². The van der Waals surface area contributed by atoms with Gasteiger partial charge in [0.1, 0.15) is 11.4 Å². The summed E-state index contributed by atoms with van der Waals surface area (Å²) in [6, 6.07) is 16.0. The molecule has 0 fully saturated rings. The quantitative estimate of drug-likeness (QED) is 0.424. The Hall–Kier alpha value is -2.24. The minimum absolute atomic E-state index is 0. The maximum absolute atomic E-state index is 11.0. The van der Waals surface area contributed by atoms with Crippen molar-refractivity contribution in [3.63, 3.8) is 0 Å². The van der Waals surface area contributed by atoms with Crippen molar-refractivity contribution in [1.29, 1.82) is 0 Å². The van der Waals surface area contributed by atoms with E-state index in [1.54, 1.807) is 6.07 Å². The molecule has 0 aromatic heterocycles. The molecule has 2 N–H and O–H groups in total. The van der Waals surface area contributed by atoms with Crippen molar-refractivity contribution in [2.24, 2.45) is 10.2 Å². The molecular formula is C16H12AlN2O4S+3. The Balaban J connectivity index is 0.00000208. The van der Waals surface area contributed by atoms with E-state index in [9.17, 15) is 13.5 Å². The zero-order valence-electron chi connectivity index (χ0n) is 12.4. The molecule has 0 heterocycles. The summed E-state index contributed by atoms with van der Waals surface area (Å²) in [4.78, 5) is -0.218. The van der Waals surface area contributed by atoms with Crippen molar-refractivity contribution >= 4 is 49.6 Å². The fourth-order valence-electron chi connectivity index (χ4n) is 2.14. The van der Waals surface area contributed by atoms with Crippen LogP contribution in [0.4, 0.5) is 11.4 Å². The number of benzene rings is 3. The Morgan fingerprint density at radius 3 is 2.17 bits per heavy atom. The second-order valence-corrected chi connectivity index (χ2v) is 6.24. The van der Waals surface area contributed by atoms with E-state index in [-0.39, 0.29) is 28.0 Å². The normalized spacial score (nSPS) is 11.5. The molecule has 0 saturated carbocycles. The summed E-state index contributed by atoms with van der Waals surface area (Å²) in [6.07, 6.45) is 0. The van der Waals surface area contributed by atoms with Gasteiger partial charge in [0.25, 0.3) is 10.1 Å². The fraction of sp³-hybridized carbons (Fsp3) is 0. The Labute approximate surface area is 149 Å². The van der Waals surface area contributed by atoms with Gasteiger partial charge in [-0.15, -0.1) is 5.11 Å². The molecule has 6 nitrogen and oxygen atoms in total. The Morgan fingerprint density at radius 2 is 1.50 bits per heavy atom. The van der Waals surface area contributed by atoms with Crippen LogP contribution in [0.15, 0.2) is 75.8 Å². The Kier molecular flexibility index (Phi) is 5.37. The van der Waals surface area contributed by atoms with Gasteiger partial charge in [-0.3, -0.25) is 4.55 Å². The largest absolute Gasteiger partial charge is 3.00 e. The summed E-state index contributed by atoms with van der Waals surface area (Å²) in [6.45, 7) is 0. The van der Waals surface area contributed by atoms with Crippen molar-refractivity contribution < 1.29 is 18.1 Å². The fourth-order valence-corrected chi connectivity index (χ4v) is 2.62. The van der Waals surface area contributed by atoms with E-state index in [1.165, 1.54) is 30.3 Å². The van der Waals surface area contributed by atoms with E-state index in [1.807, 2.05) is 24.3 Å². The summed E-state index contributed by atoms with van der Waals surface area (Å²) in [5.41, 5.74) is 0.728. The molecule has 0 radical (unpaired) electrons. The minimum atomic E-state index is -4.23. The molecule has 8 heteroatoms. The molecular weight excluding hydrogens is 343 g/mol. The molecule has 116 valence electrons. The number of nitrogens with zero attached hydrogens (tertiary/aromatic N) is 2. The second-order valence-electron chi connectivity index (χ2n) is 4.82. The van der Waals surface area contributed by atoms with E-state index in [2.05, 4.69) is 10.2 Å². The predicted molar refractivity (Wildman–Crippen MR) is 91.8 cm³/mol. The molecule has 0 saturated heterocycles. The first-order valence-electron chi connectivity index (χ1n) is 6.65. The van der Waals surface area contributed by atoms with Crippen LogP contribution in [-0.2, 0) is 10.1 Å². The second kappa shape index (κ2) is 7.11. The van der Waals surface area contributed by atoms with Gasteiger partial charge in [-0.05, 0) is 35.7 Å². The van der Waals surface area contributed by atoms with Gasteiger partial charge >= 0.3 is 17.4 Å². The number of azo groups is 1. The summed E-state index contributed by atoms with van der Waals surface area (Å²) < 4.78 is 30.9. The SMILES string of the molecule is O=S(=O)(O)c1ccc(N=Nc2c(O)ccc3ccccc23)cc1.[Al+3]. The zero-order valence-corrected chi connectivity index (χ0v) is 14.3. The van der Waals surface area contributed by atoms with Gasteiger partial charge in [0.2, 0.25) is 0 Å². The third kappa shape index (κ3) is 3.80. The standard InChI is InChI=1S/C16H12N2O4S.Al/c19-15-10-5-11-3-1-2-4-14(11)16(15)18-17-12-6-8-13(9-7-12)23(20,21)22;/h1-10,19H,(H,20,21,22);/q;+3. The smallest absolute Gasteiger partial charge is 0.506 e. The molecule has 0 aliphatic carbocycles. The maximum Gasteiger partial charge on any atom is 3.00 e. The molecule has 24 heavy (non-hydrogen) atoms. The molecule has 0 atom stereocenters. The molecule has 3 aromatic carbocycles. The summed E-state index contributed by atoms with van der Waals surface area (Å²) in [5.74, 6) is 0.00186. The summed E-state index contributed by atoms with van der Waals surface area (Å²) >= 11 is 0. The van der Waals surface area contributed by atoms with Gasteiger partial charge in [0, 0.05) is 5.39 Å². The zero-order chi connectivity index (χ0) is 16.4. The molecule has 0 unspecified atom stereocenters. The number of phenols is 1. The minimum Gasteiger partial charge on any atom is -0.506 e. The van der Waals surface area contributed by atoms with Gasteiger partial charge < -0.3 is 5.11 Å². The van der Waals surface area contributed by atoms with Crippen molar-refractivity contribution in [2.45, 2.75) is 4.90 Å². The monoisotopic (exact) mass is 355 g/mol. The van der Waals surface area contributed by atoms with Crippen molar-refractivity contribution in [3.8, 4) is 5.75 Å². The van der Waals surface area contributed by atoms with E-state index in [0.29, 0.717) is 11.4 Å². The van der Waals surface area contributed by atoms with Gasteiger partial charge in [-0.1, -0.05) is 30.3 Å². The maximum atomic E-state index is 11.0. The topological polar surface area (TPSA) is 99.3 Å². The van der Waals surface area contributed by atoms with Crippen molar-refractivity contribution in [2.75, 3.05) is 0 Å². The summed E-state index contributed by atoms with van der Waals surface area (Å²) in [7, 11) is -4.23. The molecule has 0 aliphatic heterocycles. The number of fused-ring (bicyclic) bond motifs is 1. The number of hydrogen-bond donors (Lipinski definition) is 2. The Morgan fingerprint density at radius 1 is 0.833 bits per heavy atom. The van der Waals surface area contributed by atoms with Crippen LogP contribution in [0.1, 0.15) is 0 Å². The van der Waals surface area contributed by atoms with Gasteiger partial charge in [-0.25, -0.2) is 0 Å². The molecule has 3 rings (SSSR count). The van der Waals surface area contributed by atoms with Gasteiger partial charge in [0.05, 0.1) is 10.6 Å². The third-order valence-electron chi connectivity index (χ3n) is 3.28. The van der Waals surface area contributed by atoms with E-state index in [4.69, 9.17) is 4.55 Å². The van der Waals surface area contributed by atoms with Crippen molar-refractivity contribution in [3.05, 3.63) is 60.7 Å². The van der Waals surface area contributed by atoms with E-state index >= 15 is 0 Å². The third-order valence-corrected chi connectivity index (χ3v) is 4.15. The van der Waals surface area contributed by atoms with Crippen LogP contribution in [0.5, 0.6) is 5.75 Å². The van der Waals surface area contributed by atoms with E-state index in [0.717, 1.165) is 10.8 Å². The van der Waals surface area contributed by atoms with Gasteiger partial charge in [0.15, 0.2) is 0 Å². The summed E-state index contributed by atoms with van der Waals surface area (Å²) in [5, 5.41) is 19.7. The van der Waals surface area contributed by atoms with Crippen LogP contribution in [0, 0.1) is 0 Å². The molecule has 0 amide bonds. The first kappa shape index (κ1) is 18.1. The predicted octanol–water partition coefficient (Wildman–Crippen LogP) is 3.83. The van der Waals surface area contributed by atoms with Gasteiger partial charge in [-0.2, -0.15) is 13.5 Å². The molecule has 3 aromatic rings. The molecule has 0 bridgehead atoms. The number of rotatable bonds is 3. The van der Waals surface area contributed by atoms with Crippen LogP contribution in [0.2, 0.25) is 0 Å². The van der Waals surface area contributed by atoms with Crippen LogP contribution >= 0.6 is 0 Å². The molecule has 0 spiro atoms.